The number of hydrogen-bond acceptors (Lipinski definition) is 10. The number of alkyl carbamates (subject to hydrolysis) is 2. The van der Waals surface area contributed by atoms with Gasteiger partial charge in [-0.15, -0.1) is 0 Å². The fourth-order valence-corrected chi connectivity index (χ4v) is 7.34. The molecule has 0 radical (unpaired) electrons. The summed E-state index contributed by atoms with van der Waals surface area (Å²) in [5, 5.41) is 17.4. The Bertz CT molecular complexity index is 1920. The molecule has 1 heterocycles. The molecule has 1 fully saturated rings. The maximum Gasteiger partial charge on any atom is 1.00 e. The first-order valence-electron chi connectivity index (χ1n) is 20.3. The molecule has 4 aromatic carbocycles. The number of carboxylic acids is 1. The molecule has 3 amide bonds. The van der Waals surface area contributed by atoms with Gasteiger partial charge in [0.15, 0.2) is 6.29 Å². The smallest absolute Gasteiger partial charge is 0.548 e. The Morgan fingerprint density at radius 2 is 1.35 bits per heavy atom. The van der Waals surface area contributed by atoms with Crippen molar-refractivity contribution < 1.29 is 77.5 Å². The molecule has 1 saturated heterocycles. The number of aliphatic carboxylic acids is 1. The van der Waals surface area contributed by atoms with Crippen LogP contribution in [0.25, 0.3) is 11.1 Å². The number of ether oxygens (including phenoxy) is 5. The fourth-order valence-electron chi connectivity index (χ4n) is 7.34. The third-order valence-electron chi connectivity index (χ3n) is 10.4. The number of nitrogens with one attached hydrogen (secondary N) is 2. The summed E-state index contributed by atoms with van der Waals surface area (Å²) in [7, 11) is 0. The molecule has 4 aromatic rings. The van der Waals surface area contributed by atoms with Gasteiger partial charge < -0.3 is 49.1 Å². The van der Waals surface area contributed by atoms with Crippen molar-refractivity contribution in [3.63, 3.8) is 0 Å². The SMILES string of the molecule is O=C(NCC[C@H](CN(CCCC[C@H](NC(=O)OCC1c2ccccc2-c2ccccc21)C(=O)[O-])C(=O)OCc1ccccc1)OC1CCCCO1)OCc1ccccc1.[Na+]. The van der Waals surface area contributed by atoms with Gasteiger partial charge in [-0.1, -0.05) is 109 Å². The number of rotatable bonds is 20. The molecule has 13 nitrogen and oxygen atoms in total. The van der Waals surface area contributed by atoms with Crippen molar-refractivity contribution in [1.29, 1.82) is 0 Å². The van der Waals surface area contributed by atoms with Gasteiger partial charge in [0.1, 0.15) is 19.8 Å². The fraction of sp³-hybridized carbons (Fsp3) is 0.391. The number of fused-ring (bicyclic) bond motifs is 3. The molecule has 0 bridgehead atoms. The first kappa shape index (κ1) is 46.2. The number of benzene rings is 4. The Hall–Kier alpha value is -4.92. The molecule has 1 aliphatic carbocycles. The van der Waals surface area contributed by atoms with Gasteiger partial charge in [-0.25, -0.2) is 14.4 Å². The second kappa shape index (κ2) is 24.4. The van der Waals surface area contributed by atoms with Gasteiger partial charge in [-0.2, -0.15) is 0 Å². The van der Waals surface area contributed by atoms with Crippen molar-refractivity contribution >= 4 is 24.2 Å². The van der Waals surface area contributed by atoms with Crippen molar-refractivity contribution in [2.45, 2.75) is 82.5 Å². The van der Waals surface area contributed by atoms with Crippen LogP contribution in [0.5, 0.6) is 0 Å². The minimum absolute atomic E-state index is 0. The van der Waals surface area contributed by atoms with E-state index in [1.165, 1.54) is 4.90 Å². The van der Waals surface area contributed by atoms with Crippen molar-refractivity contribution in [2.75, 3.05) is 32.8 Å². The monoisotopic (exact) mass is 829 g/mol. The Morgan fingerprint density at radius 1 is 0.733 bits per heavy atom. The summed E-state index contributed by atoms with van der Waals surface area (Å²) in [4.78, 5) is 52.7. The van der Waals surface area contributed by atoms with E-state index in [1.807, 2.05) is 109 Å². The van der Waals surface area contributed by atoms with Gasteiger partial charge in [0.25, 0.3) is 0 Å². The van der Waals surface area contributed by atoms with Crippen LogP contribution >= 0.6 is 0 Å². The van der Waals surface area contributed by atoms with E-state index in [4.69, 9.17) is 23.7 Å². The van der Waals surface area contributed by atoms with Gasteiger partial charge in [-0.3, -0.25) is 0 Å². The first-order valence-corrected chi connectivity index (χ1v) is 20.3. The van der Waals surface area contributed by atoms with Crippen LogP contribution in [0.3, 0.4) is 0 Å². The molecule has 1 unspecified atom stereocenters. The zero-order chi connectivity index (χ0) is 41.2. The van der Waals surface area contributed by atoms with E-state index in [-0.39, 0.29) is 81.4 Å². The number of carbonyl (C=O) groups excluding carboxylic acids is 4. The zero-order valence-electron chi connectivity index (χ0n) is 34.1. The van der Waals surface area contributed by atoms with Crippen LogP contribution in [0.2, 0.25) is 0 Å². The standard InChI is InChI=1S/C46H53N3O10.Na/c50-43(51)41(48-45(53)57-32-40-38-21-9-7-19-36(38)37-20-8-10-22-39(37)40)23-11-13-27-49(46(54)58-31-34-17-5-2-6-18-34)29-35(59-42-24-12-14-28-55-42)25-26-47-44(52)56-30-33-15-3-1-4-16-33;/h1-10,15-22,35,40-42H,11-14,23-32H2,(H,47,52)(H,48,53)(H,50,51);/q;+1/p-1/t35-,41+,42?;/m1./s1. The summed E-state index contributed by atoms with van der Waals surface area (Å²) in [6, 6.07) is 33.3. The Balaban J connectivity index is 0.00000683. The molecular weight excluding hydrogens is 778 g/mol. The van der Waals surface area contributed by atoms with E-state index >= 15 is 0 Å². The molecule has 6 rings (SSSR count). The normalized spacial score (nSPS) is 15.2. The number of unbranched alkanes of at least 4 members (excludes halogenated alkanes) is 1. The van der Waals surface area contributed by atoms with Crippen LogP contribution in [0.1, 0.15) is 73.1 Å². The summed E-state index contributed by atoms with van der Waals surface area (Å²) in [6.07, 6.45) is 0.669. The van der Waals surface area contributed by atoms with Crippen LogP contribution in [0.4, 0.5) is 14.4 Å². The van der Waals surface area contributed by atoms with Crippen LogP contribution < -0.4 is 45.3 Å². The number of amides is 3. The molecule has 1 aliphatic heterocycles. The number of carbonyl (C=O) groups is 4. The topological polar surface area (TPSA) is 165 Å². The summed E-state index contributed by atoms with van der Waals surface area (Å²) >= 11 is 0. The maximum absolute atomic E-state index is 13.6. The molecule has 0 spiro atoms. The van der Waals surface area contributed by atoms with Crippen LogP contribution in [-0.4, -0.2) is 80.4 Å². The molecule has 60 heavy (non-hydrogen) atoms. The zero-order valence-corrected chi connectivity index (χ0v) is 36.1. The van der Waals surface area contributed by atoms with Gasteiger partial charge in [0, 0.05) is 25.6 Å². The molecule has 312 valence electrons. The minimum Gasteiger partial charge on any atom is -0.548 e. The quantitative estimate of drug-likeness (QED) is 0.0763. The van der Waals surface area contributed by atoms with E-state index in [2.05, 4.69) is 10.6 Å². The van der Waals surface area contributed by atoms with E-state index < -0.39 is 42.7 Å². The second-order valence-electron chi connectivity index (χ2n) is 14.7. The average molecular weight is 830 g/mol. The van der Waals surface area contributed by atoms with Gasteiger partial charge in [0.2, 0.25) is 0 Å². The van der Waals surface area contributed by atoms with E-state index in [1.54, 1.807) is 0 Å². The predicted octanol–water partition coefficient (Wildman–Crippen LogP) is 3.69. The Labute approximate surface area is 373 Å². The van der Waals surface area contributed by atoms with Crippen LogP contribution in [0.15, 0.2) is 109 Å². The third kappa shape index (κ3) is 14.1. The van der Waals surface area contributed by atoms with Gasteiger partial charge in [0.05, 0.1) is 24.7 Å². The summed E-state index contributed by atoms with van der Waals surface area (Å²) in [6.45, 7) is 1.33. The van der Waals surface area contributed by atoms with E-state index in [9.17, 15) is 24.3 Å². The number of hydrogen-bond donors (Lipinski definition) is 2. The largest absolute Gasteiger partial charge is 1.00 e. The van der Waals surface area contributed by atoms with Crippen LogP contribution in [0, 0.1) is 0 Å². The minimum atomic E-state index is -1.44. The summed E-state index contributed by atoms with van der Waals surface area (Å²) in [5.74, 6) is -1.61. The number of carboxylic acid groups (broad SMARTS) is 1. The van der Waals surface area contributed by atoms with Crippen molar-refractivity contribution in [3.05, 3.63) is 131 Å². The van der Waals surface area contributed by atoms with Crippen molar-refractivity contribution in [3.8, 4) is 11.1 Å². The van der Waals surface area contributed by atoms with E-state index in [0.717, 1.165) is 46.2 Å². The van der Waals surface area contributed by atoms with Crippen molar-refractivity contribution in [2.24, 2.45) is 0 Å². The molecule has 14 heteroatoms. The summed E-state index contributed by atoms with van der Waals surface area (Å²) in [5.41, 5.74) is 5.93. The van der Waals surface area contributed by atoms with E-state index in [0.29, 0.717) is 32.3 Å². The number of nitrogens with zero attached hydrogens (tertiary/aromatic N) is 1. The molecule has 3 atom stereocenters. The molecular formula is C46H52N3NaO10. The molecule has 2 N–H and O–H groups in total. The van der Waals surface area contributed by atoms with Gasteiger partial charge in [-0.05, 0) is 78.3 Å². The summed E-state index contributed by atoms with van der Waals surface area (Å²) < 4.78 is 28.9. The average Bonchev–Trinajstić information content (AvgIpc) is 3.59. The van der Waals surface area contributed by atoms with Crippen molar-refractivity contribution in [1.82, 2.24) is 15.5 Å². The second-order valence-corrected chi connectivity index (χ2v) is 14.7. The van der Waals surface area contributed by atoms with Gasteiger partial charge >= 0.3 is 47.8 Å². The molecule has 2 aliphatic rings. The maximum atomic E-state index is 13.6. The third-order valence-corrected chi connectivity index (χ3v) is 10.4. The first-order chi connectivity index (χ1) is 28.8. The van der Waals surface area contributed by atoms with Crippen LogP contribution in [-0.2, 0) is 41.7 Å². The molecule has 0 saturated carbocycles. The predicted molar refractivity (Wildman–Crippen MR) is 217 cm³/mol. The molecule has 0 aromatic heterocycles. The Morgan fingerprint density at radius 3 is 1.97 bits per heavy atom. The Kier molecular flexibility index (Phi) is 18.7.